The van der Waals surface area contributed by atoms with Crippen LogP contribution >= 0.6 is 11.6 Å². The lowest BCUT2D eigenvalue weighted by molar-refractivity contribution is -0.116. The number of carbonyl (C=O) groups excluding carboxylic acids is 1. The third kappa shape index (κ3) is 3.24. The summed E-state index contributed by atoms with van der Waals surface area (Å²) < 4.78 is 1.43. The van der Waals surface area contributed by atoms with Crippen LogP contribution in [0.25, 0.3) is 0 Å². The Morgan fingerprint density at radius 3 is 2.89 bits per heavy atom. The number of anilines is 2. The molecule has 0 bridgehead atoms. The van der Waals surface area contributed by atoms with Gasteiger partial charge in [-0.15, -0.1) is 0 Å². The van der Waals surface area contributed by atoms with Crippen molar-refractivity contribution in [3.63, 3.8) is 0 Å². The molecule has 1 aromatic carbocycles. The first kappa shape index (κ1) is 12.9. The van der Waals surface area contributed by atoms with Crippen LogP contribution in [0.5, 0.6) is 0 Å². The fraction of sp³-hybridized carbons (Fsp3) is 0.0833. The monoisotopic (exact) mass is 275 g/mol. The molecule has 0 unspecified atom stereocenters. The van der Waals surface area contributed by atoms with Crippen LogP contribution in [0.2, 0.25) is 5.02 Å². The number of rotatable bonds is 3. The van der Waals surface area contributed by atoms with E-state index in [1.54, 1.807) is 24.4 Å². The highest BCUT2D eigenvalue weighted by Gasteiger charge is 2.06. The zero-order valence-electron chi connectivity index (χ0n) is 9.80. The molecule has 0 fully saturated rings. The summed E-state index contributed by atoms with van der Waals surface area (Å²) in [6.45, 7) is 0.0504. The van der Waals surface area contributed by atoms with Gasteiger partial charge >= 0.3 is 0 Å². The van der Waals surface area contributed by atoms with E-state index in [0.29, 0.717) is 22.1 Å². The number of nitriles is 1. The minimum atomic E-state index is -0.260. The van der Waals surface area contributed by atoms with Gasteiger partial charge in [0.1, 0.15) is 18.4 Å². The minimum absolute atomic E-state index is 0.0504. The molecule has 0 saturated heterocycles. The van der Waals surface area contributed by atoms with Crippen LogP contribution < -0.4 is 11.1 Å². The largest absolute Gasteiger partial charge is 0.382 e. The Morgan fingerprint density at radius 1 is 1.53 bits per heavy atom. The zero-order chi connectivity index (χ0) is 13.8. The summed E-state index contributed by atoms with van der Waals surface area (Å²) in [5, 5.41) is 15.6. The third-order valence-corrected chi connectivity index (χ3v) is 2.65. The van der Waals surface area contributed by atoms with Gasteiger partial charge < -0.3 is 11.1 Å². The normalized spacial score (nSPS) is 9.89. The molecule has 0 spiro atoms. The molecule has 1 aromatic heterocycles. The van der Waals surface area contributed by atoms with Crippen molar-refractivity contribution in [1.82, 2.24) is 9.78 Å². The molecule has 0 aliphatic rings. The number of hydrogen-bond donors (Lipinski definition) is 2. The highest BCUT2D eigenvalue weighted by molar-refractivity contribution is 6.32. The predicted molar refractivity (Wildman–Crippen MR) is 71.4 cm³/mol. The number of carbonyl (C=O) groups is 1. The summed E-state index contributed by atoms with van der Waals surface area (Å²) in [5.74, 6) is 0.0955. The molecule has 7 heteroatoms. The molecule has 0 aliphatic carbocycles. The molecule has 0 atom stereocenters. The van der Waals surface area contributed by atoms with Gasteiger partial charge in [0, 0.05) is 11.9 Å². The van der Waals surface area contributed by atoms with Gasteiger partial charge in [0.05, 0.1) is 10.6 Å². The molecule has 0 radical (unpaired) electrons. The second-order valence-electron chi connectivity index (χ2n) is 3.79. The highest BCUT2D eigenvalue weighted by Crippen LogP contribution is 2.20. The van der Waals surface area contributed by atoms with Crippen molar-refractivity contribution in [2.45, 2.75) is 6.54 Å². The summed E-state index contributed by atoms with van der Waals surface area (Å²) in [5.41, 5.74) is 6.33. The molecule has 6 nitrogen and oxygen atoms in total. The van der Waals surface area contributed by atoms with E-state index in [0.717, 1.165) is 0 Å². The Balaban J connectivity index is 2.03. The Hall–Kier alpha value is -2.52. The van der Waals surface area contributed by atoms with Crippen LogP contribution in [-0.4, -0.2) is 15.7 Å². The summed E-state index contributed by atoms with van der Waals surface area (Å²) in [6.07, 6.45) is 1.61. The molecular formula is C12H10ClN5O. The van der Waals surface area contributed by atoms with Crippen LogP contribution in [0.15, 0.2) is 30.5 Å². The number of benzene rings is 1. The summed E-state index contributed by atoms with van der Waals surface area (Å²) in [6, 6.07) is 8.23. The number of nitrogens with zero attached hydrogens (tertiary/aromatic N) is 3. The number of hydrogen-bond acceptors (Lipinski definition) is 4. The van der Waals surface area contributed by atoms with Crippen LogP contribution in [0.4, 0.5) is 11.5 Å². The van der Waals surface area contributed by atoms with E-state index in [9.17, 15) is 4.79 Å². The average Bonchev–Trinajstić information content (AvgIpc) is 2.74. The van der Waals surface area contributed by atoms with Crippen LogP contribution in [-0.2, 0) is 11.3 Å². The Kier molecular flexibility index (Phi) is 3.68. The quantitative estimate of drug-likeness (QED) is 0.889. The van der Waals surface area contributed by atoms with Gasteiger partial charge in [-0.25, -0.2) is 0 Å². The Bertz CT molecular complexity index is 658. The first-order chi connectivity index (χ1) is 9.08. The highest BCUT2D eigenvalue weighted by atomic mass is 35.5. The number of halogens is 1. The lowest BCUT2D eigenvalue weighted by Crippen LogP contribution is -2.19. The van der Waals surface area contributed by atoms with Crippen molar-refractivity contribution >= 4 is 29.0 Å². The molecule has 3 N–H and O–H groups in total. The lowest BCUT2D eigenvalue weighted by Gasteiger charge is -2.06. The fourth-order valence-electron chi connectivity index (χ4n) is 1.50. The van der Waals surface area contributed by atoms with E-state index >= 15 is 0 Å². The van der Waals surface area contributed by atoms with E-state index in [1.165, 1.54) is 10.7 Å². The summed E-state index contributed by atoms with van der Waals surface area (Å²) in [4.78, 5) is 11.7. The standard InChI is InChI=1S/C12H10ClN5O/c13-10-5-9(2-1-8(10)6-14)16-12(19)7-18-4-3-11(15)17-18/h1-5H,7H2,(H2,15,17)(H,16,19). The Labute approximate surface area is 114 Å². The SMILES string of the molecule is N#Cc1ccc(NC(=O)Cn2ccc(N)n2)cc1Cl. The number of nitrogens with one attached hydrogen (secondary N) is 1. The van der Waals surface area contributed by atoms with Crippen LogP contribution in [0, 0.1) is 11.3 Å². The lowest BCUT2D eigenvalue weighted by atomic mass is 10.2. The molecule has 0 aliphatic heterocycles. The van der Waals surface area contributed by atoms with Gasteiger partial charge in [-0.2, -0.15) is 10.4 Å². The van der Waals surface area contributed by atoms with Gasteiger partial charge in [-0.05, 0) is 24.3 Å². The number of aromatic nitrogens is 2. The molecular weight excluding hydrogens is 266 g/mol. The first-order valence-corrected chi connectivity index (χ1v) is 5.74. The maximum Gasteiger partial charge on any atom is 0.246 e. The van der Waals surface area contributed by atoms with Gasteiger partial charge in [0.2, 0.25) is 5.91 Å². The molecule has 19 heavy (non-hydrogen) atoms. The van der Waals surface area contributed by atoms with Crippen molar-refractivity contribution < 1.29 is 4.79 Å². The van der Waals surface area contributed by atoms with Crippen LogP contribution in [0.1, 0.15) is 5.56 Å². The van der Waals surface area contributed by atoms with Gasteiger partial charge in [0.25, 0.3) is 0 Å². The number of nitrogen functional groups attached to an aromatic ring is 1. The van der Waals surface area contributed by atoms with E-state index in [4.69, 9.17) is 22.6 Å². The summed E-state index contributed by atoms with van der Waals surface area (Å²) in [7, 11) is 0. The van der Waals surface area contributed by atoms with Gasteiger partial charge in [-0.1, -0.05) is 11.6 Å². The molecule has 2 aromatic rings. The second kappa shape index (κ2) is 5.42. The Morgan fingerprint density at radius 2 is 2.32 bits per heavy atom. The topological polar surface area (TPSA) is 96.7 Å². The molecule has 96 valence electrons. The van der Waals surface area contributed by atoms with E-state index in [-0.39, 0.29) is 12.5 Å². The summed E-state index contributed by atoms with van der Waals surface area (Å²) >= 11 is 5.87. The van der Waals surface area contributed by atoms with Gasteiger partial charge in [-0.3, -0.25) is 9.48 Å². The van der Waals surface area contributed by atoms with Crippen molar-refractivity contribution in [3.8, 4) is 6.07 Å². The first-order valence-electron chi connectivity index (χ1n) is 5.37. The van der Waals surface area contributed by atoms with Crippen molar-refractivity contribution in [1.29, 1.82) is 5.26 Å². The predicted octanol–water partition coefficient (Wildman–Crippen LogP) is 1.63. The molecule has 0 saturated carbocycles. The molecule has 1 amide bonds. The minimum Gasteiger partial charge on any atom is -0.382 e. The number of nitrogens with two attached hydrogens (primary N) is 1. The molecule has 2 rings (SSSR count). The maximum absolute atomic E-state index is 11.7. The van der Waals surface area contributed by atoms with Crippen molar-refractivity contribution in [2.24, 2.45) is 0 Å². The third-order valence-electron chi connectivity index (χ3n) is 2.34. The smallest absolute Gasteiger partial charge is 0.246 e. The molecule has 1 heterocycles. The average molecular weight is 276 g/mol. The van der Waals surface area contributed by atoms with Crippen LogP contribution in [0.3, 0.4) is 0 Å². The zero-order valence-corrected chi connectivity index (χ0v) is 10.6. The second-order valence-corrected chi connectivity index (χ2v) is 4.20. The fourth-order valence-corrected chi connectivity index (χ4v) is 1.72. The van der Waals surface area contributed by atoms with E-state index in [2.05, 4.69) is 10.4 Å². The van der Waals surface area contributed by atoms with Gasteiger partial charge in [0.15, 0.2) is 0 Å². The van der Waals surface area contributed by atoms with E-state index < -0.39 is 0 Å². The van der Waals surface area contributed by atoms with E-state index in [1.807, 2.05) is 6.07 Å². The van der Waals surface area contributed by atoms with Crippen molar-refractivity contribution in [2.75, 3.05) is 11.1 Å². The number of amides is 1. The van der Waals surface area contributed by atoms with Crippen molar-refractivity contribution in [3.05, 3.63) is 41.0 Å². The maximum atomic E-state index is 11.7.